The highest BCUT2D eigenvalue weighted by atomic mass is 16.5. The van der Waals surface area contributed by atoms with Gasteiger partial charge in [-0.15, -0.1) is 0 Å². The minimum absolute atomic E-state index is 0.0191. The first kappa shape index (κ1) is 16.7. The molecule has 1 amide bonds. The van der Waals surface area contributed by atoms with Crippen molar-refractivity contribution in [3.63, 3.8) is 0 Å². The minimum atomic E-state index is 0.0191. The number of amides is 1. The number of morpholine rings is 1. The smallest absolute Gasteiger partial charge is 0.236 e. The van der Waals surface area contributed by atoms with E-state index in [2.05, 4.69) is 24.0 Å². The van der Waals surface area contributed by atoms with Crippen LogP contribution < -0.4 is 0 Å². The van der Waals surface area contributed by atoms with Crippen molar-refractivity contribution in [2.24, 2.45) is 0 Å². The summed E-state index contributed by atoms with van der Waals surface area (Å²) in [4.78, 5) is 16.4. The molecule has 2 aromatic rings. The van der Waals surface area contributed by atoms with Gasteiger partial charge in [0, 0.05) is 19.6 Å². The quantitative estimate of drug-likeness (QED) is 0.847. The van der Waals surface area contributed by atoms with Gasteiger partial charge in [-0.2, -0.15) is 0 Å². The molecule has 128 valence electrons. The Hall–Kier alpha value is -2.11. The number of likely N-dealkylation sites (N-methyl/N-ethyl adjacent to an activating group) is 1. The zero-order valence-electron chi connectivity index (χ0n) is 14.2. The molecular formula is C19H24N2O3. The normalized spacial score (nSPS) is 21.6. The largest absolute Gasteiger partial charge is 0.467 e. The summed E-state index contributed by atoms with van der Waals surface area (Å²) in [5.74, 6) is 0.884. The molecule has 1 saturated heterocycles. The SMILES string of the molecule is CC1COC(c2ccccc2)CN1CC(=O)N(C)Cc1ccco1. The molecule has 5 nitrogen and oxygen atoms in total. The van der Waals surface area contributed by atoms with Crippen LogP contribution in [0.1, 0.15) is 24.4 Å². The predicted octanol–water partition coefficient (Wildman–Crippen LogP) is 2.70. The molecule has 5 heteroatoms. The third kappa shape index (κ3) is 4.04. The van der Waals surface area contributed by atoms with Gasteiger partial charge in [-0.05, 0) is 24.6 Å². The molecule has 1 aromatic carbocycles. The molecule has 0 saturated carbocycles. The van der Waals surface area contributed by atoms with Gasteiger partial charge >= 0.3 is 0 Å². The van der Waals surface area contributed by atoms with Gasteiger partial charge in [0.15, 0.2) is 0 Å². The topological polar surface area (TPSA) is 45.9 Å². The van der Waals surface area contributed by atoms with Crippen molar-refractivity contribution >= 4 is 5.91 Å². The number of carbonyl (C=O) groups is 1. The van der Waals surface area contributed by atoms with Crippen LogP contribution in [0.5, 0.6) is 0 Å². The summed E-state index contributed by atoms with van der Waals surface area (Å²) in [5.41, 5.74) is 1.16. The molecule has 2 unspecified atom stereocenters. The molecule has 1 aromatic heterocycles. The molecule has 2 atom stereocenters. The van der Waals surface area contributed by atoms with Crippen LogP contribution in [0.3, 0.4) is 0 Å². The van der Waals surface area contributed by atoms with E-state index in [1.807, 2.05) is 37.4 Å². The number of nitrogens with zero attached hydrogens (tertiary/aromatic N) is 2. The Balaban J connectivity index is 1.59. The minimum Gasteiger partial charge on any atom is -0.467 e. The van der Waals surface area contributed by atoms with Crippen LogP contribution in [0, 0.1) is 0 Å². The first-order valence-electron chi connectivity index (χ1n) is 8.30. The summed E-state index contributed by atoms with van der Waals surface area (Å²) in [6.07, 6.45) is 1.65. The highest BCUT2D eigenvalue weighted by molar-refractivity contribution is 5.78. The number of ether oxygens (including phenoxy) is 1. The molecule has 0 bridgehead atoms. The van der Waals surface area contributed by atoms with Gasteiger partial charge in [0.1, 0.15) is 5.76 Å². The van der Waals surface area contributed by atoms with Crippen LogP contribution in [0.2, 0.25) is 0 Å². The Kier molecular flexibility index (Phi) is 5.33. The van der Waals surface area contributed by atoms with E-state index in [0.717, 1.165) is 17.9 Å². The molecule has 0 spiro atoms. The zero-order chi connectivity index (χ0) is 16.9. The standard InChI is InChI=1S/C19H24N2O3/c1-15-14-24-18(16-7-4-3-5-8-16)12-21(15)13-19(22)20(2)11-17-9-6-10-23-17/h3-10,15,18H,11-14H2,1-2H3. The highest BCUT2D eigenvalue weighted by Gasteiger charge is 2.29. The average molecular weight is 328 g/mol. The van der Waals surface area contributed by atoms with Crippen LogP contribution >= 0.6 is 0 Å². The first-order valence-corrected chi connectivity index (χ1v) is 8.30. The van der Waals surface area contributed by atoms with E-state index in [1.165, 1.54) is 0 Å². The number of hydrogen-bond donors (Lipinski definition) is 0. The molecule has 3 rings (SSSR count). The monoisotopic (exact) mass is 328 g/mol. The van der Waals surface area contributed by atoms with E-state index in [9.17, 15) is 4.79 Å². The van der Waals surface area contributed by atoms with Gasteiger partial charge in [-0.3, -0.25) is 9.69 Å². The van der Waals surface area contributed by atoms with Gasteiger partial charge in [-0.25, -0.2) is 0 Å². The van der Waals surface area contributed by atoms with Crippen molar-refractivity contribution in [3.8, 4) is 0 Å². The summed E-state index contributed by atoms with van der Waals surface area (Å²) in [5, 5.41) is 0. The lowest BCUT2D eigenvalue weighted by atomic mass is 10.1. The lowest BCUT2D eigenvalue weighted by molar-refractivity contribution is -0.136. The van der Waals surface area contributed by atoms with Crippen molar-refractivity contribution in [2.75, 3.05) is 26.7 Å². The van der Waals surface area contributed by atoms with Crippen LogP contribution in [-0.4, -0.2) is 48.5 Å². The molecule has 0 N–H and O–H groups in total. The van der Waals surface area contributed by atoms with Gasteiger partial charge in [0.05, 0.1) is 32.1 Å². The maximum Gasteiger partial charge on any atom is 0.236 e. The van der Waals surface area contributed by atoms with E-state index in [0.29, 0.717) is 19.7 Å². The molecule has 24 heavy (non-hydrogen) atoms. The summed E-state index contributed by atoms with van der Waals surface area (Å²) >= 11 is 0. The summed E-state index contributed by atoms with van der Waals surface area (Å²) in [6, 6.07) is 14.1. The van der Waals surface area contributed by atoms with Crippen molar-refractivity contribution < 1.29 is 13.9 Å². The van der Waals surface area contributed by atoms with E-state index in [4.69, 9.17) is 9.15 Å². The number of rotatable bonds is 5. The fourth-order valence-corrected chi connectivity index (χ4v) is 2.92. The summed E-state index contributed by atoms with van der Waals surface area (Å²) < 4.78 is 11.3. The maximum absolute atomic E-state index is 12.5. The van der Waals surface area contributed by atoms with Gasteiger partial charge < -0.3 is 14.1 Å². The van der Waals surface area contributed by atoms with Gasteiger partial charge in [0.25, 0.3) is 0 Å². The van der Waals surface area contributed by atoms with E-state index < -0.39 is 0 Å². The Morgan fingerprint density at radius 3 is 2.75 bits per heavy atom. The maximum atomic E-state index is 12.5. The second-order valence-corrected chi connectivity index (χ2v) is 6.34. The first-order chi connectivity index (χ1) is 11.6. The van der Waals surface area contributed by atoms with Gasteiger partial charge in [0.2, 0.25) is 5.91 Å². The molecule has 1 fully saturated rings. The highest BCUT2D eigenvalue weighted by Crippen LogP contribution is 2.24. The Morgan fingerprint density at radius 2 is 2.04 bits per heavy atom. The lowest BCUT2D eigenvalue weighted by Gasteiger charge is -2.38. The van der Waals surface area contributed by atoms with E-state index in [-0.39, 0.29) is 18.1 Å². The fourth-order valence-electron chi connectivity index (χ4n) is 2.92. The fraction of sp³-hybridized carbons (Fsp3) is 0.421. The Labute approximate surface area is 142 Å². The third-order valence-electron chi connectivity index (χ3n) is 4.47. The van der Waals surface area contributed by atoms with Crippen LogP contribution in [0.25, 0.3) is 0 Å². The van der Waals surface area contributed by atoms with Crippen LogP contribution in [0.4, 0.5) is 0 Å². The van der Waals surface area contributed by atoms with Crippen molar-refractivity contribution in [2.45, 2.75) is 25.6 Å². The van der Waals surface area contributed by atoms with E-state index in [1.54, 1.807) is 11.2 Å². The van der Waals surface area contributed by atoms with Crippen molar-refractivity contribution in [3.05, 3.63) is 60.1 Å². The number of carbonyl (C=O) groups excluding carboxylic acids is 1. The second-order valence-electron chi connectivity index (χ2n) is 6.34. The third-order valence-corrected chi connectivity index (χ3v) is 4.47. The van der Waals surface area contributed by atoms with Crippen molar-refractivity contribution in [1.29, 1.82) is 0 Å². The van der Waals surface area contributed by atoms with Crippen LogP contribution in [-0.2, 0) is 16.1 Å². The molecule has 1 aliphatic rings. The number of furan rings is 1. The molecular weight excluding hydrogens is 304 g/mol. The number of hydrogen-bond acceptors (Lipinski definition) is 4. The zero-order valence-corrected chi connectivity index (χ0v) is 14.2. The second kappa shape index (κ2) is 7.64. The van der Waals surface area contributed by atoms with Crippen LogP contribution in [0.15, 0.2) is 53.1 Å². The van der Waals surface area contributed by atoms with Gasteiger partial charge in [-0.1, -0.05) is 30.3 Å². The van der Waals surface area contributed by atoms with E-state index >= 15 is 0 Å². The molecule has 1 aliphatic heterocycles. The molecule has 0 radical (unpaired) electrons. The molecule has 2 heterocycles. The average Bonchev–Trinajstić information content (AvgIpc) is 3.10. The van der Waals surface area contributed by atoms with Crippen molar-refractivity contribution in [1.82, 2.24) is 9.80 Å². The Bertz CT molecular complexity index is 642. The Morgan fingerprint density at radius 1 is 1.25 bits per heavy atom. The molecule has 0 aliphatic carbocycles. The summed E-state index contributed by atoms with van der Waals surface area (Å²) in [7, 11) is 1.81. The number of benzene rings is 1. The predicted molar refractivity (Wildman–Crippen MR) is 91.4 cm³/mol. The lowest BCUT2D eigenvalue weighted by Crippen LogP contribution is -2.49. The summed E-state index contributed by atoms with van der Waals surface area (Å²) in [6.45, 7) is 4.35.